The summed E-state index contributed by atoms with van der Waals surface area (Å²) in [7, 11) is 1.70. The molecule has 1 heterocycles. The fourth-order valence-electron chi connectivity index (χ4n) is 2.39. The maximum atomic E-state index is 5.59. The molecule has 0 saturated carbocycles. The zero-order valence-corrected chi connectivity index (χ0v) is 14.0. The number of rotatable bonds is 11. The Labute approximate surface area is 138 Å². The van der Waals surface area contributed by atoms with Crippen LogP contribution in [0.3, 0.4) is 0 Å². The Hall–Kier alpha value is -0.980. The van der Waals surface area contributed by atoms with Gasteiger partial charge in [-0.15, -0.1) is 0 Å². The Kier molecular flexibility index (Phi) is 9.21. The minimum atomic E-state index is -0.0373. The third-order valence-electron chi connectivity index (χ3n) is 3.64. The van der Waals surface area contributed by atoms with Gasteiger partial charge in [-0.3, -0.25) is 0 Å². The third-order valence-corrected chi connectivity index (χ3v) is 3.64. The molecule has 1 atom stereocenters. The summed E-state index contributed by atoms with van der Waals surface area (Å²) in [4.78, 5) is 0. The SMILES string of the molecule is COCc1ccc(COCCOCCOC2CCCCO2)cc1. The molecule has 1 aromatic carbocycles. The molecule has 0 N–H and O–H groups in total. The largest absolute Gasteiger partial charge is 0.380 e. The van der Waals surface area contributed by atoms with Crippen LogP contribution in [0.15, 0.2) is 24.3 Å². The van der Waals surface area contributed by atoms with Gasteiger partial charge in [-0.2, -0.15) is 0 Å². The van der Waals surface area contributed by atoms with E-state index in [9.17, 15) is 0 Å². The van der Waals surface area contributed by atoms with E-state index in [0.717, 1.165) is 25.0 Å². The molecule has 1 aliphatic heterocycles. The lowest BCUT2D eigenvalue weighted by Crippen LogP contribution is -2.24. The lowest BCUT2D eigenvalue weighted by atomic mass is 10.1. The van der Waals surface area contributed by atoms with Gasteiger partial charge in [0.25, 0.3) is 0 Å². The zero-order valence-electron chi connectivity index (χ0n) is 14.0. The molecule has 0 amide bonds. The second-order valence-electron chi connectivity index (χ2n) is 5.58. The molecule has 2 rings (SSSR count). The van der Waals surface area contributed by atoms with Crippen LogP contribution in [0.1, 0.15) is 30.4 Å². The molecule has 5 heteroatoms. The minimum absolute atomic E-state index is 0.0373. The van der Waals surface area contributed by atoms with Gasteiger partial charge in [0.1, 0.15) is 0 Å². The van der Waals surface area contributed by atoms with Crippen molar-refractivity contribution in [3.8, 4) is 0 Å². The van der Waals surface area contributed by atoms with Crippen LogP contribution in [0.2, 0.25) is 0 Å². The van der Waals surface area contributed by atoms with Crippen molar-refractivity contribution in [1.82, 2.24) is 0 Å². The van der Waals surface area contributed by atoms with Gasteiger partial charge in [0.05, 0.1) is 39.6 Å². The van der Waals surface area contributed by atoms with Crippen LogP contribution < -0.4 is 0 Å². The molecular formula is C18H28O5. The second-order valence-corrected chi connectivity index (χ2v) is 5.58. The predicted molar refractivity (Wildman–Crippen MR) is 87.2 cm³/mol. The van der Waals surface area contributed by atoms with E-state index in [4.69, 9.17) is 23.7 Å². The fourth-order valence-corrected chi connectivity index (χ4v) is 2.39. The average molecular weight is 324 g/mol. The summed E-state index contributed by atoms with van der Waals surface area (Å²) in [5.41, 5.74) is 2.32. The molecule has 1 aliphatic rings. The number of benzene rings is 1. The first-order chi connectivity index (χ1) is 11.4. The van der Waals surface area contributed by atoms with Gasteiger partial charge in [-0.25, -0.2) is 0 Å². The molecule has 0 bridgehead atoms. The second kappa shape index (κ2) is 11.5. The molecule has 0 radical (unpaired) electrons. The van der Waals surface area contributed by atoms with Gasteiger partial charge in [-0.1, -0.05) is 24.3 Å². The molecule has 1 saturated heterocycles. The number of ether oxygens (including phenoxy) is 5. The van der Waals surface area contributed by atoms with Gasteiger partial charge in [0.2, 0.25) is 0 Å². The summed E-state index contributed by atoms with van der Waals surface area (Å²) < 4.78 is 27.2. The Bertz CT molecular complexity index is 400. The molecule has 130 valence electrons. The molecule has 0 aromatic heterocycles. The molecule has 0 aliphatic carbocycles. The van der Waals surface area contributed by atoms with E-state index >= 15 is 0 Å². The predicted octanol–water partition coefficient (Wildman–Crippen LogP) is 2.91. The van der Waals surface area contributed by atoms with E-state index in [-0.39, 0.29) is 6.29 Å². The Morgan fingerprint density at radius 3 is 2.30 bits per heavy atom. The van der Waals surface area contributed by atoms with Crippen LogP contribution in [-0.2, 0) is 36.9 Å². The summed E-state index contributed by atoms with van der Waals surface area (Å²) in [5, 5.41) is 0. The molecule has 1 aromatic rings. The minimum Gasteiger partial charge on any atom is -0.380 e. The highest BCUT2D eigenvalue weighted by atomic mass is 16.7. The molecule has 1 unspecified atom stereocenters. The summed E-state index contributed by atoms with van der Waals surface area (Å²) >= 11 is 0. The highest BCUT2D eigenvalue weighted by Gasteiger charge is 2.13. The fraction of sp³-hybridized carbons (Fsp3) is 0.667. The highest BCUT2D eigenvalue weighted by molar-refractivity contribution is 5.21. The Morgan fingerprint density at radius 1 is 0.913 bits per heavy atom. The van der Waals surface area contributed by atoms with Crippen molar-refractivity contribution in [3.05, 3.63) is 35.4 Å². The lowest BCUT2D eigenvalue weighted by molar-refractivity contribution is -0.169. The number of hydrogen-bond donors (Lipinski definition) is 0. The summed E-state index contributed by atoms with van der Waals surface area (Å²) in [6, 6.07) is 8.24. The molecule has 0 spiro atoms. The van der Waals surface area contributed by atoms with Gasteiger partial charge in [0.15, 0.2) is 6.29 Å². The maximum absolute atomic E-state index is 5.59. The topological polar surface area (TPSA) is 46.2 Å². The first-order valence-electron chi connectivity index (χ1n) is 8.34. The van der Waals surface area contributed by atoms with Gasteiger partial charge in [0, 0.05) is 13.7 Å². The van der Waals surface area contributed by atoms with Crippen molar-refractivity contribution in [1.29, 1.82) is 0 Å². The summed E-state index contributed by atoms with van der Waals surface area (Å²) in [5.74, 6) is 0. The number of methoxy groups -OCH3 is 1. The Balaban J connectivity index is 1.43. The average Bonchev–Trinajstić information content (AvgIpc) is 2.60. The first-order valence-corrected chi connectivity index (χ1v) is 8.34. The van der Waals surface area contributed by atoms with Crippen molar-refractivity contribution >= 4 is 0 Å². The summed E-state index contributed by atoms with van der Waals surface area (Å²) in [6.07, 6.45) is 3.28. The van der Waals surface area contributed by atoms with Crippen LogP contribution in [-0.4, -0.2) is 46.4 Å². The van der Waals surface area contributed by atoms with E-state index in [0.29, 0.717) is 39.6 Å². The van der Waals surface area contributed by atoms with Crippen molar-refractivity contribution in [2.45, 2.75) is 38.8 Å². The quantitative estimate of drug-likeness (QED) is 0.586. The first kappa shape index (κ1) is 18.4. The van der Waals surface area contributed by atoms with Gasteiger partial charge < -0.3 is 23.7 Å². The van der Waals surface area contributed by atoms with E-state index in [2.05, 4.69) is 24.3 Å². The van der Waals surface area contributed by atoms with Crippen molar-refractivity contribution < 1.29 is 23.7 Å². The molecule has 5 nitrogen and oxygen atoms in total. The van der Waals surface area contributed by atoms with E-state index in [1.165, 1.54) is 12.0 Å². The van der Waals surface area contributed by atoms with Crippen LogP contribution in [0, 0.1) is 0 Å². The summed E-state index contributed by atoms with van der Waals surface area (Å²) in [6.45, 7) is 4.37. The van der Waals surface area contributed by atoms with Gasteiger partial charge in [-0.05, 0) is 30.4 Å². The van der Waals surface area contributed by atoms with E-state index < -0.39 is 0 Å². The van der Waals surface area contributed by atoms with Crippen molar-refractivity contribution in [3.63, 3.8) is 0 Å². The van der Waals surface area contributed by atoms with Crippen molar-refractivity contribution in [2.75, 3.05) is 40.1 Å². The standard InChI is InChI=1S/C18H28O5/c1-19-14-16-5-7-17(8-6-16)15-21-11-10-20-12-13-23-18-4-2-3-9-22-18/h5-8,18H,2-4,9-15H2,1H3. The lowest BCUT2D eigenvalue weighted by Gasteiger charge is -2.22. The number of hydrogen-bond acceptors (Lipinski definition) is 5. The van der Waals surface area contributed by atoms with Crippen molar-refractivity contribution in [2.24, 2.45) is 0 Å². The highest BCUT2D eigenvalue weighted by Crippen LogP contribution is 2.13. The Morgan fingerprint density at radius 2 is 1.61 bits per heavy atom. The van der Waals surface area contributed by atoms with Crippen LogP contribution in [0.5, 0.6) is 0 Å². The van der Waals surface area contributed by atoms with Crippen LogP contribution >= 0.6 is 0 Å². The monoisotopic (exact) mass is 324 g/mol. The van der Waals surface area contributed by atoms with E-state index in [1.807, 2.05) is 0 Å². The zero-order chi connectivity index (χ0) is 16.2. The van der Waals surface area contributed by atoms with Crippen LogP contribution in [0.25, 0.3) is 0 Å². The van der Waals surface area contributed by atoms with Gasteiger partial charge >= 0.3 is 0 Å². The van der Waals surface area contributed by atoms with Crippen LogP contribution in [0.4, 0.5) is 0 Å². The normalized spacial score (nSPS) is 18.2. The smallest absolute Gasteiger partial charge is 0.157 e. The maximum Gasteiger partial charge on any atom is 0.157 e. The molecular weight excluding hydrogens is 296 g/mol. The van der Waals surface area contributed by atoms with E-state index in [1.54, 1.807) is 7.11 Å². The molecule has 1 fully saturated rings. The molecule has 23 heavy (non-hydrogen) atoms. The third kappa shape index (κ3) is 7.90.